The van der Waals surface area contributed by atoms with Gasteiger partial charge in [-0.15, -0.1) is 0 Å². The normalized spacial score (nSPS) is 18.1. The molecule has 5 rings (SSSR count). The number of hydrogen-bond acceptors (Lipinski definition) is 7. The lowest BCUT2D eigenvalue weighted by atomic mass is 9.95. The molecule has 0 saturated heterocycles. The van der Waals surface area contributed by atoms with E-state index in [1.54, 1.807) is 7.05 Å². The van der Waals surface area contributed by atoms with Crippen molar-refractivity contribution in [3.05, 3.63) is 119 Å². The Morgan fingerprint density at radius 3 is 1.86 bits per heavy atom. The minimum Gasteiger partial charge on any atom is -0.489 e. The van der Waals surface area contributed by atoms with Crippen LogP contribution in [0.15, 0.2) is 97.1 Å². The van der Waals surface area contributed by atoms with Gasteiger partial charge in [0.2, 0.25) is 11.8 Å². The predicted octanol–water partition coefficient (Wildman–Crippen LogP) is 4.59. The zero-order valence-corrected chi connectivity index (χ0v) is 28.9. The molecule has 4 N–H and O–H groups in total. The maximum Gasteiger partial charge on any atom is 0.326 e. The number of benzene rings is 4. The fourth-order valence-electron chi connectivity index (χ4n) is 6.15. The van der Waals surface area contributed by atoms with Crippen LogP contribution in [-0.2, 0) is 40.4 Å². The second kappa shape index (κ2) is 17.5. The molecule has 0 aromatic heterocycles. The summed E-state index contributed by atoms with van der Waals surface area (Å²) in [6, 6.07) is 28.4. The third-order valence-corrected chi connectivity index (χ3v) is 9.07. The number of rotatable bonds is 12. The van der Waals surface area contributed by atoms with E-state index in [-0.39, 0.29) is 18.7 Å². The summed E-state index contributed by atoms with van der Waals surface area (Å²) in [5.74, 6) is -0.805. The largest absolute Gasteiger partial charge is 0.489 e. The van der Waals surface area contributed by atoms with Gasteiger partial charge < -0.3 is 35.4 Å². The van der Waals surface area contributed by atoms with Gasteiger partial charge in [0.05, 0.1) is 6.04 Å². The minimum absolute atomic E-state index is 0.00299. The van der Waals surface area contributed by atoms with E-state index < -0.39 is 30.0 Å². The lowest BCUT2D eigenvalue weighted by molar-refractivity contribution is -0.150. The molecule has 1 heterocycles. The third kappa shape index (κ3) is 9.28. The molecular weight excluding hydrogens is 632 g/mol. The zero-order valence-electron chi connectivity index (χ0n) is 28.9. The molecule has 0 aliphatic carbocycles. The number of nitrogens with one attached hydrogen (secondary N) is 3. The molecule has 50 heavy (non-hydrogen) atoms. The average molecular weight is 679 g/mol. The maximum atomic E-state index is 14.0. The highest BCUT2D eigenvalue weighted by atomic mass is 16.5. The van der Waals surface area contributed by atoms with Gasteiger partial charge in [-0.2, -0.15) is 0 Å². The number of likely N-dealkylation sites (N-methyl/N-ethyl adjacent to an activating group) is 2. The molecule has 2 amide bonds. The van der Waals surface area contributed by atoms with Crippen LogP contribution >= 0.6 is 0 Å². The van der Waals surface area contributed by atoms with E-state index in [0.29, 0.717) is 49.7 Å². The van der Waals surface area contributed by atoms with E-state index in [1.165, 1.54) is 11.9 Å². The number of hydrogen-bond donors (Lipinski definition) is 4. The lowest BCUT2D eigenvalue weighted by Crippen LogP contribution is -2.56. The van der Waals surface area contributed by atoms with Crippen molar-refractivity contribution in [1.29, 1.82) is 0 Å². The van der Waals surface area contributed by atoms with Gasteiger partial charge in [-0.3, -0.25) is 9.59 Å². The highest BCUT2D eigenvalue weighted by Crippen LogP contribution is 2.33. The number of carbonyl (C=O) groups excluding carboxylic acids is 2. The van der Waals surface area contributed by atoms with Gasteiger partial charge in [-0.05, 0) is 91.1 Å². The second-order valence-electron chi connectivity index (χ2n) is 12.6. The number of ether oxygens (including phenoxy) is 2. The Balaban J connectivity index is 1.59. The van der Waals surface area contributed by atoms with E-state index in [9.17, 15) is 19.5 Å². The van der Waals surface area contributed by atoms with Crippen molar-refractivity contribution in [3.8, 4) is 22.6 Å². The standard InChI is InChI=1S/C40H46N4O6/c1-41-20-10-15-33-39(46)44(3)35(40(47)48)24-32-22-30(17-19-37(32)50-26-28-13-8-5-9-14-28)29-16-18-36(49-25-27-11-6-4-7-12-27)31(21-29)23-34(42-2)38(45)43-33/h4-9,11-14,16-19,21-22,33-35,41-42H,10,15,20,23-26H2,1-3H3,(H,43,45)(H,47,48)/t33-,34?,35?/m0/s1. The molecule has 4 aromatic carbocycles. The summed E-state index contributed by atoms with van der Waals surface area (Å²) >= 11 is 0. The summed E-state index contributed by atoms with van der Waals surface area (Å²) in [6.07, 6.45) is 1.22. The molecule has 4 bridgehead atoms. The molecule has 262 valence electrons. The molecule has 10 nitrogen and oxygen atoms in total. The van der Waals surface area contributed by atoms with Gasteiger partial charge in [0.15, 0.2) is 0 Å². The van der Waals surface area contributed by atoms with Crippen LogP contribution < -0.4 is 25.4 Å². The summed E-state index contributed by atoms with van der Waals surface area (Å²) in [5.41, 5.74) is 5.15. The van der Waals surface area contributed by atoms with E-state index in [1.807, 2.05) is 104 Å². The van der Waals surface area contributed by atoms with Gasteiger partial charge >= 0.3 is 5.97 Å². The van der Waals surface area contributed by atoms with Crippen molar-refractivity contribution in [2.75, 3.05) is 27.7 Å². The first-order valence-corrected chi connectivity index (χ1v) is 17.0. The van der Waals surface area contributed by atoms with Crippen LogP contribution in [0.25, 0.3) is 11.1 Å². The van der Waals surface area contributed by atoms with Crippen LogP contribution in [0.4, 0.5) is 0 Å². The molecule has 10 heteroatoms. The molecule has 0 saturated carbocycles. The first-order chi connectivity index (χ1) is 24.3. The van der Waals surface area contributed by atoms with Crippen molar-refractivity contribution in [3.63, 3.8) is 0 Å². The van der Waals surface area contributed by atoms with Gasteiger partial charge in [0.1, 0.15) is 36.8 Å². The summed E-state index contributed by atoms with van der Waals surface area (Å²) in [5, 5.41) is 19.6. The molecule has 0 radical (unpaired) electrons. The number of aliphatic carboxylic acids is 1. The first kappa shape index (κ1) is 36.1. The second-order valence-corrected chi connectivity index (χ2v) is 12.6. The topological polar surface area (TPSA) is 129 Å². The van der Waals surface area contributed by atoms with E-state index >= 15 is 0 Å². The van der Waals surface area contributed by atoms with Gasteiger partial charge in [-0.25, -0.2) is 4.79 Å². The van der Waals surface area contributed by atoms with Crippen molar-refractivity contribution < 1.29 is 29.0 Å². The highest BCUT2D eigenvalue weighted by Gasteiger charge is 2.34. The van der Waals surface area contributed by atoms with Crippen molar-refractivity contribution in [1.82, 2.24) is 20.9 Å². The molecule has 2 unspecified atom stereocenters. The summed E-state index contributed by atoms with van der Waals surface area (Å²) < 4.78 is 12.6. The number of fused-ring (bicyclic) bond motifs is 5. The van der Waals surface area contributed by atoms with Crippen molar-refractivity contribution >= 4 is 17.8 Å². The number of amides is 2. The van der Waals surface area contributed by atoms with Crippen LogP contribution in [0, 0.1) is 0 Å². The quantitative estimate of drug-likeness (QED) is 0.160. The Bertz CT molecular complexity index is 1750. The fourth-order valence-corrected chi connectivity index (χ4v) is 6.15. The smallest absolute Gasteiger partial charge is 0.326 e. The number of carboxylic acids is 1. The Morgan fingerprint density at radius 1 is 0.820 bits per heavy atom. The van der Waals surface area contributed by atoms with Gasteiger partial charge in [-0.1, -0.05) is 72.8 Å². The van der Waals surface area contributed by atoms with Crippen LogP contribution in [0.1, 0.15) is 35.1 Å². The zero-order chi connectivity index (χ0) is 35.5. The molecule has 1 aliphatic rings. The van der Waals surface area contributed by atoms with E-state index in [2.05, 4.69) is 16.0 Å². The lowest BCUT2D eigenvalue weighted by Gasteiger charge is -2.30. The van der Waals surface area contributed by atoms with Crippen LogP contribution in [0.5, 0.6) is 11.5 Å². The Hall–Kier alpha value is -5.19. The Morgan fingerprint density at radius 2 is 1.36 bits per heavy atom. The Kier molecular flexibility index (Phi) is 12.6. The average Bonchev–Trinajstić information content (AvgIpc) is 3.14. The highest BCUT2D eigenvalue weighted by molar-refractivity contribution is 5.92. The first-order valence-electron chi connectivity index (χ1n) is 17.0. The van der Waals surface area contributed by atoms with E-state index in [4.69, 9.17) is 9.47 Å². The molecular formula is C40H46N4O6. The number of carbonyl (C=O) groups is 3. The van der Waals surface area contributed by atoms with Gasteiger partial charge in [0.25, 0.3) is 0 Å². The van der Waals surface area contributed by atoms with Crippen LogP contribution in [0.2, 0.25) is 0 Å². The SMILES string of the molecule is CNCCC[C@@H]1NC(=O)C(NC)Cc2cc(ccc2OCc2ccccc2)-c2ccc(OCc3ccccc3)c(c2)CC(C(=O)O)N(C)C1=O. The predicted molar refractivity (Wildman–Crippen MR) is 193 cm³/mol. The van der Waals surface area contributed by atoms with Gasteiger partial charge in [0, 0.05) is 19.9 Å². The molecule has 0 spiro atoms. The summed E-state index contributed by atoms with van der Waals surface area (Å²) in [6.45, 7) is 1.28. The van der Waals surface area contributed by atoms with Crippen molar-refractivity contribution in [2.45, 2.75) is 57.0 Å². The molecule has 0 fully saturated rings. The molecule has 1 aliphatic heterocycles. The minimum atomic E-state index is -1.21. The molecule has 3 atom stereocenters. The van der Waals surface area contributed by atoms with Crippen LogP contribution in [0.3, 0.4) is 0 Å². The fraction of sp³-hybridized carbons (Fsp3) is 0.325. The Labute approximate surface area is 293 Å². The maximum absolute atomic E-state index is 14.0. The third-order valence-electron chi connectivity index (χ3n) is 9.07. The summed E-state index contributed by atoms with van der Waals surface area (Å²) in [7, 11) is 5.01. The molecule has 4 aromatic rings. The number of carboxylic acid groups (broad SMARTS) is 1. The summed E-state index contributed by atoms with van der Waals surface area (Å²) in [4.78, 5) is 41.9. The van der Waals surface area contributed by atoms with Crippen LogP contribution in [-0.4, -0.2) is 73.6 Å². The van der Waals surface area contributed by atoms with E-state index in [0.717, 1.165) is 27.8 Å². The monoisotopic (exact) mass is 678 g/mol. The van der Waals surface area contributed by atoms with Crippen molar-refractivity contribution in [2.24, 2.45) is 0 Å². The number of nitrogens with zero attached hydrogens (tertiary/aromatic N) is 1.